The molecule has 0 saturated heterocycles. The zero-order valence-electron chi connectivity index (χ0n) is 20.0. The first-order chi connectivity index (χ1) is 15.4. The lowest BCUT2D eigenvalue weighted by Gasteiger charge is -2.32. The molecule has 2 aromatic rings. The number of carbonyl (C=O) groups excluding carboxylic acids is 1. The molecule has 2 atom stereocenters. The van der Waals surface area contributed by atoms with Crippen LogP contribution in [0, 0.1) is 0 Å². The molecule has 2 N–H and O–H groups in total. The molecule has 3 heteroatoms. The van der Waals surface area contributed by atoms with Crippen LogP contribution in [-0.4, -0.2) is 22.8 Å². The summed E-state index contributed by atoms with van der Waals surface area (Å²) in [5.74, 6) is 0. The van der Waals surface area contributed by atoms with Gasteiger partial charge in [0.05, 0.1) is 0 Å². The molecule has 176 valence electrons. The van der Waals surface area contributed by atoms with Crippen LogP contribution in [0.4, 0.5) is 0 Å². The molecule has 0 amide bonds. The lowest BCUT2D eigenvalue weighted by Crippen LogP contribution is -2.36. The fourth-order valence-electron chi connectivity index (χ4n) is 4.55. The second kappa shape index (κ2) is 13.5. The smallest absolute Gasteiger partial charge is 0.160 e. The van der Waals surface area contributed by atoms with Gasteiger partial charge in [-0.15, -0.1) is 0 Å². The molecule has 2 unspecified atom stereocenters. The maximum atomic E-state index is 11.7. The Bertz CT molecular complexity index is 758. The molecular formula is C29H42O3. The molecule has 0 aliphatic carbocycles. The van der Waals surface area contributed by atoms with Gasteiger partial charge in [-0.2, -0.15) is 0 Å². The quantitative estimate of drug-likeness (QED) is 0.174. The summed E-state index contributed by atoms with van der Waals surface area (Å²) < 4.78 is 0. The summed E-state index contributed by atoms with van der Waals surface area (Å²) in [5, 5.41) is 19.9. The summed E-state index contributed by atoms with van der Waals surface area (Å²) in [6.07, 6.45) is 12.0. The van der Waals surface area contributed by atoms with E-state index in [-0.39, 0.29) is 5.41 Å². The van der Waals surface area contributed by atoms with Crippen molar-refractivity contribution in [1.82, 2.24) is 0 Å². The minimum Gasteiger partial charge on any atom is -0.367 e. The third-order valence-electron chi connectivity index (χ3n) is 7.09. The summed E-state index contributed by atoms with van der Waals surface area (Å²) >= 11 is 0. The summed E-state index contributed by atoms with van der Waals surface area (Å²) in [6, 6.07) is 19.9. The first kappa shape index (κ1) is 26.3. The van der Waals surface area contributed by atoms with Gasteiger partial charge in [0.2, 0.25) is 0 Å². The van der Waals surface area contributed by atoms with E-state index in [0.717, 1.165) is 49.5 Å². The number of hydrogen-bond donors (Lipinski definition) is 2. The zero-order chi connectivity index (χ0) is 23.3. The van der Waals surface area contributed by atoms with Crippen LogP contribution in [0.2, 0.25) is 0 Å². The molecule has 2 aromatic carbocycles. The van der Waals surface area contributed by atoms with E-state index in [2.05, 4.69) is 12.1 Å². The van der Waals surface area contributed by atoms with E-state index in [0.29, 0.717) is 0 Å². The molecule has 0 aliphatic heterocycles. The summed E-state index contributed by atoms with van der Waals surface area (Å²) in [4.78, 5) is 11.7. The molecule has 32 heavy (non-hydrogen) atoms. The Labute approximate surface area is 194 Å². The van der Waals surface area contributed by atoms with Crippen molar-refractivity contribution in [3.05, 3.63) is 71.8 Å². The van der Waals surface area contributed by atoms with Crippen LogP contribution < -0.4 is 0 Å². The van der Waals surface area contributed by atoms with Crippen molar-refractivity contribution in [1.29, 1.82) is 0 Å². The van der Waals surface area contributed by atoms with E-state index in [9.17, 15) is 15.0 Å². The molecule has 0 aliphatic rings. The van der Waals surface area contributed by atoms with Gasteiger partial charge in [0, 0.05) is 10.8 Å². The van der Waals surface area contributed by atoms with Gasteiger partial charge in [-0.1, -0.05) is 125 Å². The molecule has 0 radical (unpaired) electrons. The minimum atomic E-state index is -1.34. The third-order valence-corrected chi connectivity index (χ3v) is 7.09. The number of aldehydes is 1. The number of benzene rings is 2. The maximum absolute atomic E-state index is 11.7. The molecular weight excluding hydrogens is 396 g/mol. The lowest BCUT2D eigenvalue weighted by molar-refractivity contribution is -0.112. The minimum absolute atomic E-state index is 0.363. The van der Waals surface area contributed by atoms with Gasteiger partial charge in [0.15, 0.2) is 6.29 Å². The highest BCUT2D eigenvalue weighted by Crippen LogP contribution is 2.33. The van der Waals surface area contributed by atoms with Crippen molar-refractivity contribution in [3.8, 4) is 0 Å². The van der Waals surface area contributed by atoms with Crippen molar-refractivity contribution in [2.24, 2.45) is 0 Å². The van der Waals surface area contributed by atoms with Crippen molar-refractivity contribution >= 4 is 6.29 Å². The second-order valence-corrected chi connectivity index (χ2v) is 9.74. The number of carbonyl (C=O) groups is 1. The fourth-order valence-corrected chi connectivity index (χ4v) is 4.55. The number of hydrogen-bond acceptors (Lipinski definition) is 3. The summed E-state index contributed by atoms with van der Waals surface area (Å²) in [5.41, 5.74) is 1.15. The molecule has 0 spiro atoms. The highest BCUT2D eigenvalue weighted by atomic mass is 16.5. The molecule has 0 bridgehead atoms. The Hall–Kier alpha value is -1.97. The van der Waals surface area contributed by atoms with Crippen LogP contribution in [0.1, 0.15) is 95.6 Å². The van der Waals surface area contributed by atoms with E-state index >= 15 is 0 Å². The standard InChI is InChI=1S/C29H42O3/c1-28(24-30,25-18-12-10-13-19-25)22-16-8-6-4-3-5-7-9-17-23-29(2,27(31)32)26-20-14-11-15-21-26/h10-15,18-21,24,27,31-32H,3-9,16-17,22-23H2,1-2H3. The summed E-state index contributed by atoms with van der Waals surface area (Å²) in [6.45, 7) is 3.99. The third kappa shape index (κ3) is 7.86. The Kier molecular flexibility index (Phi) is 11.1. The predicted molar refractivity (Wildman–Crippen MR) is 133 cm³/mol. The predicted octanol–water partition coefficient (Wildman–Crippen LogP) is 6.70. The van der Waals surface area contributed by atoms with Crippen molar-refractivity contribution in [3.63, 3.8) is 0 Å². The van der Waals surface area contributed by atoms with Crippen LogP contribution >= 0.6 is 0 Å². The number of unbranched alkanes of at least 4 members (excludes halogenated alkanes) is 8. The number of aliphatic hydroxyl groups excluding tert-OH is 1. The first-order valence-electron chi connectivity index (χ1n) is 12.4. The number of rotatable bonds is 16. The normalized spacial score (nSPS) is 15.3. The largest absolute Gasteiger partial charge is 0.367 e. The van der Waals surface area contributed by atoms with Crippen LogP contribution in [0.25, 0.3) is 0 Å². The van der Waals surface area contributed by atoms with E-state index in [1.165, 1.54) is 38.5 Å². The van der Waals surface area contributed by atoms with E-state index in [4.69, 9.17) is 0 Å². The SMILES string of the molecule is CC(C=O)(CCCCCCCCCCCC(C)(c1ccccc1)C(O)O)c1ccccc1. The van der Waals surface area contributed by atoms with Gasteiger partial charge in [-0.25, -0.2) is 0 Å². The summed E-state index contributed by atoms with van der Waals surface area (Å²) in [7, 11) is 0. The topological polar surface area (TPSA) is 57.5 Å². The Morgan fingerprint density at radius 3 is 1.50 bits per heavy atom. The van der Waals surface area contributed by atoms with Gasteiger partial charge < -0.3 is 15.0 Å². The van der Waals surface area contributed by atoms with Crippen molar-refractivity contribution in [2.75, 3.05) is 0 Å². The van der Waals surface area contributed by atoms with Gasteiger partial charge in [-0.05, 0) is 30.9 Å². The Morgan fingerprint density at radius 2 is 1.06 bits per heavy atom. The fraction of sp³-hybridized carbons (Fsp3) is 0.552. The molecule has 3 nitrogen and oxygen atoms in total. The van der Waals surface area contributed by atoms with Gasteiger partial charge in [-0.3, -0.25) is 0 Å². The highest BCUT2D eigenvalue weighted by molar-refractivity contribution is 5.67. The molecule has 0 aromatic heterocycles. The van der Waals surface area contributed by atoms with Crippen LogP contribution in [0.5, 0.6) is 0 Å². The zero-order valence-corrected chi connectivity index (χ0v) is 20.0. The molecule has 0 fully saturated rings. The number of aliphatic hydroxyl groups is 2. The lowest BCUT2D eigenvalue weighted by atomic mass is 9.77. The second-order valence-electron chi connectivity index (χ2n) is 9.74. The average molecular weight is 439 g/mol. The van der Waals surface area contributed by atoms with E-state index < -0.39 is 11.7 Å². The van der Waals surface area contributed by atoms with Crippen molar-refractivity contribution < 1.29 is 15.0 Å². The molecule has 0 saturated carbocycles. The van der Waals surface area contributed by atoms with Gasteiger partial charge in [0.25, 0.3) is 0 Å². The maximum Gasteiger partial charge on any atom is 0.160 e. The van der Waals surface area contributed by atoms with E-state index in [1.54, 1.807) is 0 Å². The van der Waals surface area contributed by atoms with Gasteiger partial charge >= 0.3 is 0 Å². The Balaban J connectivity index is 1.55. The highest BCUT2D eigenvalue weighted by Gasteiger charge is 2.33. The molecule has 2 rings (SSSR count). The van der Waals surface area contributed by atoms with Crippen LogP contribution in [-0.2, 0) is 15.6 Å². The first-order valence-corrected chi connectivity index (χ1v) is 12.4. The molecule has 0 heterocycles. The van der Waals surface area contributed by atoms with Gasteiger partial charge in [0.1, 0.15) is 6.29 Å². The van der Waals surface area contributed by atoms with Crippen molar-refractivity contribution in [2.45, 2.75) is 102 Å². The average Bonchev–Trinajstić information content (AvgIpc) is 2.83. The monoisotopic (exact) mass is 438 g/mol. The van der Waals surface area contributed by atoms with E-state index in [1.807, 2.05) is 62.4 Å². The van der Waals surface area contributed by atoms with Crippen LogP contribution in [0.3, 0.4) is 0 Å². The van der Waals surface area contributed by atoms with Crippen LogP contribution in [0.15, 0.2) is 60.7 Å². The Morgan fingerprint density at radius 1 is 0.656 bits per heavy atom.